The van der Waals surface area contributed by atoms with E-state index in [1.807, 2.05) is 0 Å². The van der Waals surface area contributed by atoms with Gasteiger partial charge < -0.3 is 25.2 Å². The fourth-order valence-electron chi connectivity index (χ4n) is 2.31. The van der Waals surface area contributed by atoms with Gasteiger partial charge in [-0.1, -0.05) is 30.0 Å². The Morgan fingerprint density at radius 1 is 1.23 bits per heavy atom. The van der Waals surface area contributed by atoms with Gasteiger partial charge >= 0.3 is 12.0 Å². The highest BCUT2D eigenvalue weighted by Crippen LogP contribution is 2.37. The van der Waals surface area contributed by atoms with Gasteiger partial charge in [0.05, 0.1) is 24.2 Å². The molecule has 0 aliphatic heterocycles. The SMILES string of the molecule is C=C(NC(=O)Nc1cc(F)ccc1Oc1c(F)cccc1OC)S/C=C(\C)CC(=O)O. The van der Waals surface area contributed by atoms with Gasteiger partial charge in [-0.15, -0.1) is 0 Å². The van der Waals surface area contributed by atoms with Crippen LogP contribution in [0, 0.1) is 11.6 Å². The van der Waals surface area contributed by atoms with Crippen molar-refractivity contribution in [2.75, 3.05) is 12.4 Å². The second-order valence-electron chi connectivity index (χ2n) is 6.17. The number of carboxylic acid groups (broad SMARTS) is 1. The van der Waals surface area contributed by atoms with Crippen molar-refractivity contribution in [2.45, 2.75) is 13.3 Å². The molecule has 2 aromatic carbocycles. The zero-order valence-electron chi connectivity index (χ0n) is 16.7. The molecule has 0 saturated heterocycles. The molecule has 0 fully saturated rings. The Morgan fingerprint density at radius 2 is 1.97 bits per heavy atom. The van der Waals surface area contributed by atoms with Gasteiger partial charge in [0.15, 0.2) is 17.3 Å². The number of nitrogens with one attached hydrogen (secondary N) is 2. The number of halogens is 2. The summed E-state index contributed by atoms with van der Waals surface area (Å²) in [5.74, 6) is -2.45. The van der Waals surface area contributed by atoms with Crippen LogP contribution >= 0.6 is 11.8 Å². The quantitative estimate of drug-likeness (QED) is 0.469. The molecule has 0 unspecified atom stereocenters. The normalized spacial score (nSPS) is 10.9. The number of ether oxygens (including phenoxy) is 2. The van der Waals surface area contributed by atoms with Gasteiger partial charge in [-0.25, -0.2) is 13.6 Å². The molecule has 2 rings (SSSR count). The number of carbonyl (C=O) groups is 2. The second-order valence-corrected chi connectivity index (χ2v) is 7.13. The third kappa shape index (κ3) is 7.34. The van der Waals surface area contributed by atoms with Crippen molar-refractivity contribution in [3.63, 3.8) is 0 Å². The lowest BCUT2D eigenvalue weighted by molar-refractivity contribution is -0.136. The minimum Gasteiger partial charge on any atom is -0.493 e. The van der Waals surface area contributed by atoms with Gasteiger partial charge in [0.25, 0.3) is 0 Å². The maximum absolute atomic E-state index is 14.2. The highest BCUT2D eigenvalue weighted by molar-refractivity contribution is 8.05. The Kier molecular flexibility index (Phi) is 8.44. The van der Waals surface area contributed by atoms with E-state index in [-0.39, 0.29) is 34.4 Å². The molecule has 0 atom stereocenters. The minimum atomic E-state index is -0.976. The number of methoxy groups -OCH3 is 1. The summed E-state index contributed by atoms with van der Waals surface area (Å²) in [4.78, 5) is 22.9. The Labute approximate surface area is 181 Å². The first kappa shape index (κ1) is 23.7. The number of rotatable bonds is 9. The first-order chi connectivity index (χ1) is 14.7. The summed E-state index contributed by atoms with van der Waals surface area (Å²) in [6.45, 7) is 5.28. The molecular weight excluding hydrogens is 430 g/mol. The van der Waals surface area contributed by atoms with Gasteiger partial charge in [0, 0.05) is 6.07 Å². The van der Waals surface area contributed by atoms with Crippen LogP contribution in [0.5, 0.6) is 17.2 Å². The molecular formula is C21H20F2N2O5S. The summed E-state index contributed by atoms with van der Waals surface area (Å²) in [6.07, 6.45) is -0.143. The molecule has 7 nitrogen and oxygen atoms in total. The van der Waals surface area contributed by atoms with Crippen molar-refractivity contribution >= 4 is 29.4 Å². The molecule has 164 valence electrons. The predicted molar refractivity (Wildman–Crippen MR) is 114 cm³/mol. The zero-order valence-corrected chi connectivity index (χ0v) is 17.5. The number of hydrogen-bond donors (Lipinski definition) is 3. The van der Waals surface area contributed by atoms with E-state index in [1.165, 1.54) is 36.8 Å². The molecule has 10 heteroatoms. The molecule has 0 aliphatic rings. The number of amides is 2. The van der Waals surface area contributed by atoms with Gasteiger partial charge in [0.1, 0.15) is 5.82 Å². The predicted octanol–water partition coefficient (Wildman–Crippen LogP) is 5.47. The molecule has 0 bridgehead atoms. The highest BCUT2D eigenvalue weighted by atomic mass is 32.2. The van der Waals surface area contributed by atoms with Crippen LogP contribution in [0.1, 0.15) is 13.3 Å². The standard InChI is InChI=1S/C21H20F2N2O5S/c1-12(9-19(26)27)11-31-13(2)24-21(28)25-16-10-14(22)7-8-17(16)30-20-15(23)5-4-6-18(20)29-3/h4-8,10-11H,2,9H2,1,3H3,(H,26,27)(H2,24,25,28)/b12-11+. The maximum Gasteiger partial charge on any atom is 0.324 e. The van der Waals surface area contributed by atoms with Crippen LogP contribution in [-0.4, -0.2) is 24.2 Å². The monoisotopic (exact) mass is 450 g/mol. The number of carboxylic acids is 1. The van der Waals surface area contributed by atoms with Crippen molar-refractivity contribution in [1.29, 1.82) is 0 Å². The van der Waals surface area contributed by atoms with Crippen LogP contribution in [0.15, 0.2) is 59.0 Å². The molecule has 31 heavy (non-hydrogen) atoms. The van der Waals surface area contributed by atoms with Crippen LogP contribution in [0.25, 0.3) is 0 Å². The van der Waals surface area contributed by atoms with Gasteiger partial charge in [-0.05, 0) is 36.6 Å². The van der Waals surface area contributed by atoms with Crippen LogP contribution in [-0.2, 0) is 4.79 Å². The molecule has 0 aliphatic carbocycles. The number of para-hydroxylation sites is 1. The van der Waals surface area contributed by atoms with E-state index in [0.717, 1.165) is 23.9 Å². The van der Waals surface area contributed by atoms with Crippen molar-refractivity contribution in [3.05, 3.63) is 70.6 Å². The third-order valence-electron chi connectivity index (χ3n) is 3.64. The van der Waals surface area contributed by atoms with Crippen LogP contribution in [0.3, 0.4) is 0 Å². The summed E-state index contributed by atoms with van der Waals surface area (Å²) in [6, 6.07) is 6.68. The van der Waals surface area contributed by atoms with Crippen LogP contribution in [0.2, 0.25) is 0 Å². The fourth-order valence-corrected chi connectivity index (χ4v) is 2.89. The summed E-state index contributed by atoms with van der Waals surface area (Å²) in [5.41, 5.74) is 0.513. The number of anilines is 1. The largest absolute Gasteiger partial charge is 0.493 e. The lowest BCUT2D eigenvalue weighted by Gasteiger charge is -2.15. The van der Waals surface area contributed by atoms with E-state index in [0.29, 0.717) is 5.57 Å². The molecule has 0 heterocycles. The van der Waals surface area contributed by atoms with Crippen molar-refractivity contribution < 1.29 is 33.0 Å². The number of benzene rings is 2. The van der Waals surface area contributed by atoms with Gasteiger partial charge in [-0.3, -0.25) is 4.79 Å². The molecule has 0 saturated carbocycles. The Morgan fingerprint density at radius 3 is 2.65 bits per heavy atom. The average Bonchev–Trinajstić information content (AvgIpc) is 2.69. The lowest BCUT2D eigenvalue weighted by atomic mass is 10.2. The summed E-state index contributed by atoms with van der Waals surface area (Å²) < 4.78 is 38.5. The van der Waals surface area contributed by atoms with E-state index < -0.39 is 23.6 Å². The molecule has 0 spiro atoms. The van der Waals surface area contributed by atoms with E-state index >= 15 is 0 Å². The summed E-state index contributed by atoms with van der Waals surface area (Å²) in [7, 11) is 1.34. The van der Waals surface area contributed by atoms with E-state index in [2.05, 4.69) is 17.2 Å². The summed E-state index contributed by atoms with van der Waals surface area (Å²) >= 11 is 1.02. The summed E-state index contributed by atoms with van der Waals surface area (Å²) in [5, 5.41) is 15.3. The van der Waals surface area contributed by atoms with Crippen molar-refractivity contribution in [1.82, 2.24) is 5.32 Å². The van der Waals surface area contributed by atoms with E-state index in [4.69, 9.17) is 14.6 Å². The van der Waals surface area contributed by atoms with Crippen molar-refractivity contribution in [3.8, 4) is 17.2 Å². The molecule has 2 amide bonds. The van der Waals surface area contributed by atoms with Crippen molar-refractivity contribution in [2.24, 2.45) is 0 Å². The zero-order chi connectivity index (χ0) is 23.0. The van der Waals surface area contributed by atoms with Crippen LogP contribution < -0.4 is 20.1 Å². The Balaban J connectivity index is 2.12. The van der Waals surface area contributed by atoms with E-state index in [1.54, 1.807) is 6.92 Å². The van der Waals surface area contributed by atoms with E-state index in [9.17, 15) is 18.4 Å². The maximum atomic E-state index is 14.2. The van der Waals surface area contributed by atoms with Gasteiger partial charge in [-0.2, -0.15) is 0 Å². The lowest BCUT2D eigenvalue weighted by Crippen LogP contribution is -2.26. The highest BCUT2D eigenvalue weighted by Gasteiger charge is 2.16. The fraction of sp³-hybridized carbons (Fsp3) is 0.143. The third-order valence-corrected chi connectivity index (χ3v) is 4.54. The smallest absolute Gasteiger partial charge is 0.324 e. The minimum absolute atomic E-state index is 0.0181. The first-order valence-corrected chi connectivity index (χ1v) is 9.68. The Bertz CT molecular complexity index is 1030. The van der Waals surface area contributed by atoms with Crippen LogP contribution in [0.4, 0.5) is 19.3 Å². The second kappa shape index (κ2) is 11.0. The number of carbonyl (C=O) groups excluding carboxylic acids is 1. The van der Waals surface area contributed by atoms with Gasteiger partial charge in [0.2, 0.25) is 5.75 Å². The Hall–Kier alpha value is -3.53. The number of thioether (sulfide) groups is 1. The molecule has 2 aromatic rings. The number of hydrogen-bond acceptors (Lipinski definition) is 5. The molecule has 0 aromatic heterocycles. The first-order valence-electron chi connectivity index (χ1n) is 8.80. The number of urea groups is 1. The molecule has 3 N–H and O–H groups in total. The topological polar surface area (TPSA) is 96.9 Å². The number of aliphatic carboxylic acids is 1. The molecule has 0 radical (unpaired) electrons. The average molecular weight is 450 g/mol.